The molecule has 0 aliphatic rings. The number of hydrogen-bond donors (Lipinski definition) is 0. The van der Waals surface area contributed by atoms with Gasteiger partial charge in [0.15, 0.2) is 0 Å². The summed E-state index contributed by atoms with van der Waals surface area (Å²) in [6, 6.07) is 0. The topological polar surface area (TPSA) is 26.3 Å². The highest BCUT2D eigenvalue weighted by Gasteiger charge is 2.39. The molecule has 0 N–H and O–H groups in total. The Labute approximate surface area is 107 Å². The van der Waals surface area contributed by atoms with Gasteiger partial charge >= 0.3 is 5.97 Å². The molecule has 0 amide bonds. The maximum absolute atomic E-state index is 12.4. The third-order valence-electron chi connectivity index (χ3n) is 3.02. The van der Waals surface area contributed by atoms with Crippen LogP contribution in [0.2, 0.25) is 0 Å². The molecule has 0 bridgehead atoms. The van der Waals surface area contributed by atoms with Crippen LogP contribution < -0.4 is 0 Å². The van der Waals surface area contributed by atoms with Gasteiger partial charge in [0, 0.05) is 0 Å². The molecule has 0 aromatic rings. The fourth-order valence-electron chi connectivity index (χ4n) is 2.50. The lowest BCUT2D eigenvalue weighted by molar-refractivity contribution is -0.169. The zero-order valence-electron chi connectivity index (χ0n) is 12.6. The summed E-state index contributed by atoms with van der Waals surface area (Å²) < 4.78 is 5.62. The lowest BCUT2D eigenvalue weighted by atomic mass is 9.75. The van der Waals surface area contributed by atoms with Crippen LogP contribution in [0.4, 0.5) is 0 Å². The van der Waals surface area contributed by atoms with Gasteiger partial charge in [-0.3, -0.25) is 4.79 Å². The largest absolute Gasteiger partial charge is 0.460 e. The molecule has 102 valence electrons. The molecular weight excluding hydrogens is 212 g/mol. The Balaban J connectivity index is 4.91. The van der Waals surface area contributed by atoms with Gasteiger partial charge in [-0.05, 0) is 40.0 Å². The van der Waals surface area contributed by atoms with Crippen molar-refractivity contribution >= 4 is 5.97 Å². The molecule has 2 heteroatoms. The van der Waals surface area contributed by atoms with Crippen LogP contribution >= 0.6 is 0 Å². The summed E-state index contributed by atoms with van der Waals surface area (Å²) in [5.41, 5.74) is -0.622. The van der Waals surface area contributed by atoms with Gasteiger partial charge in [0.05, 0.1) is 5.41 Å². The van der Waals surface area contributed by atoms with Crippen molar-refractivity contribution in [3.8, 4) is 0 Å². The second-order valence-corrected chi connectivity index (χ2v) is 6.03. The molecule has 0 saturated heterocycles. The highest BCUT2D eigenvalue weighted by atomic mass is 16.6. The first-order valence-corrected chi connectivity index (χ1v) is 7.04. The summed E-state index contributed by atoms with van der Waals surface area (Å²) in [5.74, 6) is 0.00977. The molecule has 2 nitrogen and oxygen atoms in total. The van der Waals surface area contributed by atoms with Crippen LogP contribution in [0.3, 0.4) is 0 Å². The van der Waals surface area contributed by atoms with E-state index in [0.717, 1.165) is 38.5 Å². The summed E-state index contributed by atoms with van der Waals surface area (Å²) >= 11 is 0. The van der Waals surface area contributed by atoms with E-state index in [1.54, 1.807) is 0 Å². The highest BCUT2D eigenvalue weighted by molar-refractivity contribution is 5.77. The average molecular weight is 242 g/mol. The number of carbonyl (C=O) groups is 1. The lowest BCUT2D eigenvalue weighted by Crippen LogP contribution is -2.37. The fourth-order valence-corrected chi connectivity index (χ4v) is 2.50. The summed E-state index contributed by atoms with van der Waals surface area (Å²) in [6.45, 7) is 12.3. The average Bonchev–Trinajstić information content (AvgIpc) is 2.16. The van der Waals surface area contributed by atoms with Crippen LogP contribution in [0.1, 0.15) is 80.1 Å². The molecule has 0 aliphatic carbocycles. The monoisotopic (exact) mass is 242 g/mol. The molecule has 0 heterocycles. The quantitative estimate of drug-likeness (QED) is 0.604. The third kappa shape index (κ3) is 5.56. The first-order chi connectivity index (χ1) is 7.81. The molecule has 0 aliphatic heterocycles. The molecule has 0 spiro atoms. The minimum atomic E-state index is -0.377. The first kappa shape index (κ1) is 16.5. The lowest BCUT2D eigenvalue weighted by Gasteiger charge is -2.34. The molecule has 0 aromatic heterocycles. The van der Waals surface area contributed by atoms with Crippen LogP contribution in [0.25, 0.3) is 0 Å². The zero-order chi connectivity index (χ0) is 13.5. The van der Waals surface area contributed by atoms with Gasteiger partial charge in [-0.1, -0.05) is 40.0 Å². The van der Waals surface area contributed by atoms with Crippen molar-refractivity contribution in [2.24, 2.45) is 5.41 Å². The summed E-state index contributed by atoms with van der Waals surface area (Å²) in [6.07, 6.45) is 5.97. The van der Waals surface area contributed by atoms with Crippen LogP contribution in [0.5, 0.6) is 0 Å². The van der Waals surface area contributed by atoms with Crippen molar-refractivity contribution in [2.75, 3.05) is 0 Å². The number of esters is 1. The molecule has 0 atom stereocenters. The Kier molecular flexibility index (Phi) is 6.81. The predicted octanol–water partition coefficient (Wildman–Crippen LogP) is 4.71. The Morgan fingerprint density at radius 2 is 1.24 bits per heavy atom. The van der Waals surface area contributed by atoms with Crippen molar-refractivity contribution in [3.05, 3.63) is 0 Å². The van der Waals surface area contributed by atoms with E-state index in [0.29, 0.717) is 0 Å². The van der Waals surface area contributed by atoms with Crippen molar-refractivity contribution < 1.29 is 9.53 Å². The van der Waals surface area contributed by atoms with Gasteiger partial charge in [-0.2, -0.15) is 0 Å². The van der Waals surface area contributed by atoms with Gasteiger partial charge in [0.1, 0.15) is 5.60 Å². The van der Waals surface area contributed by atoms with Crippen molar-refractivity contribution in [3.63, 3.8) is 0 Å². The molecule has 0 unspecified atom stereocenters. The maximum Gasteiger partial charge on any atom is 0.312 e. The van der Waals surface area contributed by atoms with E-state index in [1.165, 1.54) is 0 Å². The van der Waals surface area contributed by atoms with Crippen molar-refractivity contribution in [1.29, 1.82) is 0 Å². The molecular formula is C15H30O2. The molecule has 0 radical (unpaired) electrons. The van der Waals surface area contributed by atoms with E-state index in [1.807, 2.05) is 20.8 Å². The number of carbonyl (C=O) groups excluding carboxylic acids is 1. The van der Waals surface area contributed by atoms with Crippen LogP contribution in [0, 0.1) is 5.41 Å². The van der Waals surface area contributed by atoms with Gasteiger partial charge in [0.25, 0.3) is 0 Å². The zero-order valence-corrected chi connectivity index (χ0v) is 12.6. The smallest absolute Gasteiger partial charge is 0.312 e. The van der Waals surface area contributed by atoms with Gasteiger partial charge < -0.3 is 4.74 Å². The van der Waals surface area contributed by atoms with Gasteiger partial charge in [-0.15, -0.1) is 0 Å². The molecule has 0 saturated carbocycles. The highest BCUT2D eigenvalue weighted by Crippen LogP contribution is 2.37. The Morgan fingerprint density at radius 3 is 1.47 bits per heavy atom. The SMILES string of the molecule is CCCC(CCC)(CCC)C(=O)OC(C)(C)C. The van der Waals surface area contributed by atoms with E-state index >= 15 is 0 Å². The Bertz CT molecular complexity index is 209. The predicted molar refractivity (Wildman–Crippen MR) is 73.0 cm³/mol. The molecule has 0 fully saturated rings. The first-order valence-electron chi connectivity index (χ1n) is 7.04. The van der Waals surface area contributed by atoms with E-state index in [2.05, 4.69) is 20.8 Å². The minimum absolute atomic E-state index is 0.00977. The fraction of sp³-hybridized carbons (Fsp3) is 0.933. The van der Waals surface area contributed by atoms with Gasteiger partial charge in [-0.25, -0.2) is 0 Å². The van der Waals surface area contributed by atoms with Crippen LogP contribution in [0.15, 0.2) is 0 Å². The summed E-state index contributed by atoms with van der Waals surface area (Å²) in [4.78, 5) is 12.4. The Hall–Kier alpha value is -0.530. The third-order valence-corrected chi connectivity index (χ3v) is 3.02. The van der Waals surface area contributed by atoms with Crippen molar-refractivity contribution in [2.45, 2.75) is 85.7 Å². The van der Waals surface area contributed by atoms with E-state index in [-0.39, 0.29) is 17.0 Å². The normalized spacial score (nSPS) is 12.6. The molecule has 17 heavy (non-hydrogen) atoms. The molecule has 0 aromatic carbocycles. The minimum Gasteiger partial charge on any atom is -0.460 e. The Morgan fingerprint density at radius 1 is 0.882 bits per heavy atom. The maximum atomic E-state index is 12.4. The number of hydrogen-bond acceptors (Lipinski definition) is 2. The standard InChI is InChI=1S/C15H30O2/c1-7-10-15(11-8-2,12-9-3)13(16)17-14(4,5)6/h7-12H2,1-6H3. The van der Waals surface area contributed by atoms with E-state index < -0.39 is 0 Å². The second kappa shape index (κ2) is 7.03. The molecule has 0 rings (SSSR count). The summed E-state index contributed by atoms with van der Waals surface area (Å²) in [7, 11) is 0. The van der Waals surface area contributed by atoms with Crippen LogP contribution in [-0.2, 0) is 9.53 Å². The second-order valence-electron chi connectivity index (χ2n) is 6.03. The van der Waals surface area contributed by atoms with Crippen LogP contribution in [-0.4, -0.2) is 11.6 Å². The van der Waals surface area contributed by atoms with Crippen molar-refractivity contribution in [1.82, 2.24) is 0 Å². The number of rotatable bonds is 7. The summed E-state index contributed by atoms with van der Waals surface area (Å²) in [5, 5.41) is 0. The van der Waals surface area contributed by atoms with Gasteiger partial charge in [0.2, 0.25) is 0 Å². The van der Waals surface area contributed by atoms with E-state index in [4.69, 9.17) is 4.74 Å². The number of ether oxygens (including phenoxy) is 1. The van der Waals surface area contributed by atoms with E-state index in [9.17, 15) is 4.79 Å².